The molecule has 0 saturated heterocycles. The van der Waals surface area contributed by atoms with Crippen LogP contribution >= 0.6 is 0 Å². The topological polar surface area (TPSA) is 12.0 Å². The SMILES string of the molecule is C=C(/C=C(C)\C(C)=C/NC)c1ccccc1. The maximum absolute atomic E-state index is 4.08. The van der Waals surface area contributed by atoms with Crippen molar-refractivity contribution < 1.29 is 0 Å². The highest BCUT2D eigenvalue weighted by Gasteiger charge is 1.97. The summed E-state index contributed by atoms with van der Waals surface area (Å²) in [6.45, 7) is 8.26. The van der Waals surface area contributed by atoms with Crippen LogP contribution in [0.2, 0.25) is 0 Å². The summed E-state index contributed by atoms with van der Waals surface area (Å²) in [6.07, 6.45) is 4.10. The number of benzene rings is 1. The Bertz CT molecular complexity index is 410. The molecule has 0 unspecified atom stereocenters. The van der Waals surface area contributed by atoms with Gasteiger partial charge in [0.1, 0.15) is 0 Å². The fourth-order valence-corrected chi connectivity index (χ4v) is 1.44. The predicted molar refractivity (Wildman–Crippen MR) is 72.0 cm³/mol. The Morgan fingerprint density at radius 1 is 1.12 bits per heavy atom. The van der Waals surface area contributed by atoms with Gasteiger partial charge in [0.2, 0.25) is 0 Å². The Kier molecular flexibility index (Phi) is 4.59. The Hall–Kier alpha value is -1.76. The summed E-state index contributed by atoms with van der Waals surface area (Å²) in [5, 5.41) is 3.03. The first-order valence-electron chi connectivity index (χ1n) is 5.42. The van der Waals surface area contributed by atoms with Crippen molar-refractivity contribution in [3.63, 3.8) is 0 Å². The van der Waals surface area contributed by atoms with E-state index in [9.17, 15) is 0 Å². The smallest absolute Gasteiger partial charge is 0.00278 e. The summed E-state index contributed by atoms with van der Waals surface area (Å²) in [4.78, 5) is 0. The molecule has 0 spiro atoms. The Morgan fingerprint density at radius 3 is 2.31 bits per heavy atom. The third kappa shape index (κ3) is 3.43. The third-order valence-corrected chi connectivity index (χ3v) is 2.52. The quantitative estimate of drug-likeness (QED) is 0.751. The van der Waals surface area contributed by atoms with E-state index < -0.39 is 0 Å². The molecule has 16 heavy (non-hydrogen) atoms. The monoisotopic (exact) mass is 213 g/mol. The zero-order valence-electron chi connectivity index (χ0n) is 10.2. The Morgan fingerprint density at radius 2 is 1.75 bits per heavy atom. The fourth-order valence-electron chi connectivity index (χ4n) is 1.44. The van der Waals surface area contributed by atoms with Gasteiger partial charge in [-0.05, 0) is 42.3 Å². The van der Waals surface area contributed by atoms with Crippen LogP contribution in [0.4, 0.5) is 0 Å². The van der Waals surface area contributed by atoms with Crippen LogP contribution in [0.25, 0.3) is 5.57 Å². The first-order chi connectivity index (χ1) is 7.65. The van der Waals surface area contributed by atoms with Gasteiger partial charge in [0, 0.05) is 7.05 Å². The second-order valence-corrected chi connectivity index (χ2v) is 3.83. The maximum atomic E-state index is 4.08. The zero-order chi connectivity index (χ0) is 12.0. The minimum atomic E-state index is 1.04. The van der Waals surface area contributed by atoms with Crippen molar-refractivity contribution in [2.45, 2.75) is 13.8 Å². The van der Waals surface area contributed by atoms with Crippen molar-refractivity contribution >= 4 is 5.57 Å². The molecule has 0 aliphatic rings. The number of nitrogens with one attached hydrogen (secondary N) is 1. The molecular formula is C15H19N. The molecule has 1 aromatic rings. The molecule has 0 radical (unpaired) electrons. The van der Waals surface area contributed by atoms with E-state index in [4.69, 9.17) is 0 Å². The first kappa shape index (κ1) is 12.3. The van der Waals surface area contributed by atoms with E-state index in [0.717, 1.165) is 5.57 Å². The van der Waals surface area contributed by atoms with Crippen molar-refractivity contribution in [3.8, 4) is 0 Å². The van der Waals surface area contributed by atoms with Gasteiger partial charge >= 0.3 is 0 Å². The minimum absolute atomic E-state index is 1.04. The van der Waals surface area contributed by atoms with Crippen LogP contribution in [0, 0.1) is 0 Å². The molecule has 1 rings (SSSR count). The number of hydrogen-bond donors (Lipinski definition) is 1. The second-order valence-electron chi connectivity index (χ2n) is 3.83. The lowest BCUT2D eigenvalue weighted by atomic mass is 10.0. The van der Waals surface area contributed by atoms with Crippen LogP contribution in [0.15, 0.2) is 60.3 Å². The first-order valence-corrected chi connectivity index (χ1v) is 5.42. The lowest BCUT2D eigenvalue weighted by Gasteiger charge is -2.04. The van der Waals surface area contributed by atoms with Gasteiger partial charge in [0.05, 0.1) is 0 Å². The molecule has 0 saturated carbocycles. The molecule has 1 nitrogen and oxygen atoms in total. The lowest BCUT2D eigenvalue weighted by molar-refractivity contribution is 1.07. The maximum Gasteiger partial charge on any atom is 0.00278 e. The van der Waals surface area contributed by atoms with Gasteiger partial charge < -0.3 is 5.32 Å². The van der Waals surface area contributed by atoms with E-state index in [0.29, 0.717) is 0 Å². The van der Waals surface area contributed by atoms with Gasteiger partial charge in [-0.3, -0.25) is 0 Å². The highest BCUT2D eigenvalue weighted by molar-refractivity contribution is 5.73. The largest absolute Gasteiger partial charge is 0.394 e. The summed E-state index contributed by atoms with van der Waals surface area (Å²) >= 11 is 0. The highest BCUT2D eigenvalue weighted by Crippen LogP contribution is 2.17. The van der Waals surface area contributed by atoms with Crippen molar-refractivity contribution in [1.82, 2.24) is 5.32 Å². The fraction of sp³-hybridized carbons (Fsp3) is 0.200. The van der Waals surface area contributed by atoms with E-state index in [1.165, 1.54) is 16.7 Å². The van der Waals surface area contributed by atoms with Crippen LogP contribution in [-0.4, -0.2) is 7.05 Å². The van der Waals surface area contributed by atoms with Crippen LogP contribution < -0.4 is 5.32 Å². The second kappa shape index (κ2) is 5.96. The molecule has 1 aromatic carbocycles. The summed E-state index contributed by atoms with van der Waals surface area (Å²) in [7, 11) is 1.91. The Labute approximate surface area is 98.2 Å². The average Bonchev–Trinajstić information content (AvgIpc) is 2.30. The van der Waals surface area contributed by atoms with Crippen molar-refractivity contribution in [3.05, 3.63) is 65.9 Å². The summed E-state index contributed by atoms with van der Waals surface area (Å²) in [5.41, 5.74) is 4.66. The molecule has 0 fully saturated rings. The summed E-state index contributed by atoms with van der Waals surface area (Å²) in [6, 6.07) is 10.2. The molecule has 0 aromatic heterocycles. The van der Waals surface area contributed by atoms with E-state index in [2.05, 4.69) is 44.0 Å². The molecule has 0 aliphatic heterocycles. The van der Waals surface area contributed by atoms with Crippen molar-refractivity contribution in [1.29, 1.82) is 0 Å². The molecular weight excluding hydrogens is 194 g/mol. The standard InChI is InChI=1S/C15H19N/c1-12(14(3)11-16-4)10-13(2)15-8-6-5-7-9-15/h5-11,16H,2H2,1,3-4H3/b12-10-,14-11-. The average molecular weight is 213 g/mol. The number of hydrogen-bond acceptors (Lipinski definition) is 1. The molecule has 0 atom stereocenters. The van der Waals surface area contributed by atoms with Gasteiger partial charge in [-0.25, -0.2) is 0 Å². The molecule has 0 aliphatic carbocycles. The van der Waals surface area contributed by atoms with Crippen molar-refractivity contribution in [2.75, 3.05) is 7.05 Å². The molecule has 0 amide bonds. The summed E-state index contributed by atoms with van der Waals surface area (Å²) in [5.74, 6) is 0. The number of rotatable bonds is 4. The van der Waals surface area contributed by atoms with Crippen LogP contribution in [0.5, 0.6) is 0 Å². The molecule has 84 valence electrons. The normalized spacial score (nSPS) is 12.4. The third-order valence-electron chi connectivity index (χ3n) is 2.52. The number of allylic oxidation sites excluding steroid dienone is 4. The highest BCUT2D eigenvalue weighted by atomic mass is 14.8. The van der Waals surface area contributed by atoms with E-state index in [-0.39, 0.29) is 0 Å². The van der Waals surface area contributed by atoms with Gasteiger partial charge in [0.15, 0.2) is 0 Å². The molecule has 1 N–H and O–H groups in total. The molecule has 0 heterocycles. The van der Waals surface area contributed by atoms with Gasteiger partial charge in [0.25, 0.3) is 0 Å². The zero-order valence-corrected chi connectivity index (χ0v) is 10.2. The van der Waals surface area contributed by atoms with E-state index in [1.807, 2.05) is 31.4 Å². The van der Waals surface area contributed by atoms with Gasteiger partial charge in [-0.2, -0.15) is 0 Å². The van der Waals surface area contributed by atoms with Gasteiger partial charge in [-0.1, -0.05) is 43.0 Å². The minimum Gasteiger partial charge on any atom is -0.394 e. The molecule has 0 bridgehead atoms. The van der Waals surface area contributed by atoms with Crippen LogP contribution in [0.3, 0.4) is 0 Å². The molecule has 1 heteroatoms. The predicted octanol–water partition coefficient (Wildman–Crippen LogP) is 3.77. The van der Waals surface area contributed by atoms with Gasteiger partial charge in [-0.15, -0.1) is 0 Å². The van der Waals surface area contributed by atoms with Crippen LogP contribution in [-0.2, 0) is 0 Å². The summed E-state index contributed by atoms with van der Waals surface area (Å²) < 4.78 is 0. The Balaban J connectivity index is 2.85. The lowest BCUT2D eigenvalue weighted by Crippen LogP contribution is -1.95. The van der Waals surface area contributed by atoms with E-state index >= 15 is 0 Å². The van der Waals surface area contributed by atoms with Crippen LogP contribution in [0.1, 0.15) is 19.4 Å². The van der Waals surface area contributed by atoms with E-state index in [1.54, 1.807) is 0 Å². The van der Waals surface area contributed by atoms with Crippen molar-refractivity contribution in [2.24, 2.45) is 0 Å².